The molecule has 1 unspecified atom stereocenters. The van der Waals surface area contributed by atoms with Gasteiger partial charge in [0.1, 0.15) is 5.75 Å². The maximum absolute atomic E-state index is 12.4. The second-order valence-electron chi connectivity index (χ2n) is 7.07. The Bertz CT molecular complexity index is 944. The van der Waals surface area contributed by atoms with Gasteiger partial charge in [0.25, 0.3) is 5.91 Å². The number of thiophene rings is 1. The summed E-state index contributed by atoms with van der Waals surface area (Å²) in [7, 11) is 0. The van der Waals surface area contributed by atoms with Crippen LogP contribution in [0.1, 0.15) is 22.0 Å². The first kappa shape index (κ1) is 20.0. The van der Waals surface area contributed by atoms with Gasteiger partial charge < -0.3 is 10.1 Å². The molecule has 1 N–H and O–H groups in total. The summed E-state index contributed by atoms with van der Waals surface area (Å²) in [6.07, 6.45) is 1.03. The van der Waals surface area contributed by atoms with E-state index >= 15 is 0 Å². The fraction of sp³-hybridized carbons (Fsp3) is 0.261. The molecule has 0 aliphatic carbocycles. The van der Waals surface area contributed by atoms with Crippen molar-refractivity contribution in [3.05, 3.63) is 87.1 Å². The van der Waals surface area contributed by atoms with Gasteiger partial charge in [0, 0.05) is 29.5 Å². The van der Waals surface area contributed by atoms with E-state index in [0.717, 1.165) is 19.5 Å². The van der Waals surface area contributed by atoms with Crippen LogP contribution in [0, 0.1) is 0 Å². The number of amides is 1. The molecule has 1 atom stereocenters. The van der Waals surface area contributed by atoms with Gasteiger partial charge in [-0.3, -0.25) is 9.69 Å². The monoisotopic (exact) mass is 426 g/mol. The first-order valence-electron chi connectivity index (χ1n) is 9.68. The van der Waals surface area contributed by atoms with E-state index in [9.17, 15) is 4.79 Å². The lowest BCUT2D eigenvalue weighted by Gasteiger charge is -2.35. The van der Waals surface area contributed by atoms with Crippen molar-refractivity contribution in [2.24, 2.45) is 0 Å². The Morgan fingerprint density at radius 1 is 1.10 bits per heavy atom. The molecule has 2 aromatic carbocycles. The Morgan fingerprint density at radius 3 is 2.66 bits per heavy atom. The third-order valence-corrected chi connectivity index (χ3v) is 6.37. The number of rotatable bonds is 7. The lowest BCUT2D eigenvalue weighted by Crippen LogP contribution is -2.41. The number of hydrogen-bond acceptors (Lipinski definition) is 4. The maximum atomic E-state index is 12.4. The summed E-state index contributed by atoms with van der Waals surface area (Å²) in [5.74, 6) is 0.505. The molecule has 4 nitrogen and oxygen atoms in total. The molecule has 150 valence electrons. The van der Waals surface area contributed by atoms with E-state index in [2.05, 4.69) is 52.0 Å². The molecule has 4 rings (SSSR count). The third-order valence-electron chi connectivity index (χ3n) is 5.15. The quantitative estimate of drug-likeness (QED) is 0.595. The van der Waals surface area contributed by atoms with Gasteiger partial charge in [-0.15, -0.1) is 11.3 Å². The SMILES string of the molecule is O=C(COc1ccc(Cl)cc1)NCC(c1cccs1)N1CCc2ccccc2C1. The van der Waals surface area contributed by atoms with Crippen molar-refractivity contribution in [1.29, 1.82) is 0 Å². The smallest absolute Gasteiger partial charge is 0.258 e. The molecule has 2 heterocycles. The van der Waals surface area contributed by atoms with Crippen LogP contribution in [0.4, 0.5) is 0 Å². The molecule has 1 amide bonds. The molecule has 0 spiro atoms. The summed E-state index contributed by atoms with van der Waals surface area (Å²) in [4.78, 5) is 16.1. The van der Waals surface area contributed by atoms with Crippen molar-refractivity contribution in [3.63, 3.8) is 0 Å². The Labute approximate surface area is 180 Å². The molecule has 1 aliphatic rings. The van der Waals surface area contributed by atoms with E-state index in [1.54, 1.807) is 35.6 Å². The Kier molecular flexibility index (Phi) is 6.49. The first-order chi connectivity index (χ1) is 14.2. The number of nitrogens with zero attached hydrogens (tertiary/aromatic N) is 1. The molecule has 1 aliphatic heterocycles. The van der Waals surface area contributed by atoms with Crippen LogP contribution in [-0.4, -0.2) is 30.5 Å². The Morgan fingerprint density at radius 2 is 1.90 bits per heavy atom. The van der Waals surface area contributed by atoms with Crippen LogP contribution in [0.5, 0.6) is 5.75 Å². The van der Waals surface area contributed by atoms with E-state index in [0.29, 0.717) is 17.3 Å². The van der Waals surface area contributed by atoms with Gasteiger partial charge in [-0.25, -0.2) is 0 Å². The Hall–Kier alpha value is -2.34. The van der Waals surface area contributed by atoms with Gasteiger partial charge in [0.15, 0.2) is 6.61 Å². The molecular weight excluding hydrogens is 404 g/mol. The highest BCUT2D eigenvalue weighted by atomic mass is 35.5. The first-order valence-corrected chi connectivity index (χ1v) is 10.9. The summed E-state index contributed by atoms with van der Waals surface area (Å²) in [6.45, 7) is 2.43. The molecule has 0 bridgehead atoms. The minimum Gasteiger partial charge on any atom is -0.484 e. The van der Waals surface area contributed by atoms with Crippen LogP contribution >= 0.6 is 22.9 Å². The fourth-order valence-electron chi connectivity index (χ4n) is 3.62. The van der Waals surface area contributed by atoms with Crippen molar-refractivity contribution in [2.45, 2.75) is 19.0 Å². The van der Waals surface area contributed by atoms with Crippen molar-refractivity contribution < 1.29 is 9.53 Å². The van der Waals surface area contributed by atoms with Crippen LogP contribution in [0.2, 0.25) is 5.02 Å². The minimum absolute atomic E-state index is 0.0123. The number of carbonyl (C=O) groups excluding carboxylic acids is 1. The largest absolute Gasteiger partial charge is 0.484 e. The van der Waals surface area contributed by atoms with Crippen molar-refractivity contribution in [1.82, 2.24) is 10.2 Å². The number of fused-ring (bicyclic) bond motifs is 1. The van der Waals surface area contributed by atoms with E-state index < -0.39 is 0 Å². The third kappa shape index (κ3) is 5.18. The van der Waals surface area contributed by atoms with Gasteiger partial charge in [-0.05, 0) is 53.3 Å². The van der Waals surface area contributed by atoms with Crippen molar-refractivity contribution in [3.8, 4) is 5.75 Å². The Balaban J connectivity index is 1.37. The van der Waals surface area contributed by atoms with Gasteiger partial charge in [0.05, 0.1) is 6.04 Å². The lowest BCUT2D eigenvalue weighted by molar-refractivity contribution is -0.123. The molecule has 6 heteroatoms. The number of ether oxygens (including phenoxy) is 1. The zero-order chi connectivity index (χ0) is 20.1. The summed E-state index contributed by atoms with van der Waals surface area (Å²) >= 11 is 7.61. The van der Waals surface area contributed by atoms with Crippen molar-refractivity contribution >= 4 is 28.8 Å². The van der Waals surface area contributed by atoms with E-state index in [-0.39, 0.29) is 18.6 Å². The lowest BCUT2D eigenvalue weighted by atomic mass is 9.98. The number of benzene rings is 2. The number of halogens is 1. The summed E-state index contributed by atoms with van der Waals surface area (Å²) in [5.41, 5.74) is 2.80. The standard InChI is InChI=1S/C23H23ClN2O2S/c24-19-7-9-20(10-8-19)28-16-23(27)25-14-21(22-6-3-13-29-22)26-12-11-17-4-1-2-5-18(17)15-26/h1-10,13,21H,11-12,14-16H2,(H,25,27). The molecule has 29 heavy (non-hydrogen) atoms. The number of hydrogen-bond donors (Lipinski definition) is 1. The van der Waals surface area contributed by atoms with Crippen LogP contribution in [-0.2, 0) is 17.8 Å². The van der Waals surface area contributed by atoms with Crippen molar-refractivity contribution in [2.75, 3.05) is 19.7 Å². The highest BCUT2D eigenvalue weighted by Crippen LogP contribution is 2.30. The normalized spacial score (nSPS) is 14.8. The second-order valence-corrected chi connectivity index (χ2v) is 8.48. The number of carbonyl (C=O) groups is 1. The summed E-state index contributed by atoms with van der Waals surface area (Å²) in [6, 6.07) is 20.0. The zero-order valence-electron chi connectivity index (χ0n) is 16.0. The van der Waals surface area contributed by atoms with Crippen LogP contribution in [0.25, 0.3) is 0 Å². The van der Waals surface area contributed by atoms with Crippen LogP contribution < -0.4 is 10.1 Å². The van der Waals surface area contributed by atoms with E-state index in [4.69, 9.17) is 16.3 Å². The molecule has 3 aromatic rings. The molecule has 0 saturated carbocycles. The summed E-state index contributed by atoms with van der Waals surface area (Å²) in [5, 5.41) is 5.78. The van der Waals surface area contributed by atoms with Gasteiger partial charge >= 0.3 is 0 Å². The highest BCUT2D eigenvalue weighted by Gasteiger charge is 2.25. The van der Waals surface area contributed by atoms with Gasteiger partial charge in [0.2, 0.25) is 0 Å². The van der Waals surface area contributed by atoms with Crippen LogP contribution in [0.3, 0.4) is 0 Å². The molecule has 1 aromatic heterocycles. The topological polar surface area (TPSA) is 41.6 Å². The molecule has 0 saturated heterocycles. The predicted octanol–water partition coefficient (Wildman–Crippen LogP) is 4.70. The maximum Gasteiger partial charge on any atom is 0.258 e. The molecular formula is C23H23ClN2O2S. The molecule has 0 radical (unpaired) electrons. The highest BCUT2D eigenvalue weighted by molar-refractivity contribution is 7.10. The van der Waals surface area contributed by atoms with Crippen LogP contribution in [0.15, 0.2) is 66.0 Å². The average molecular weight is 427 g/mol. The fourth-order valence-corrected chi connectivity index (χ4v) is 4.60. The number of nitrogens with one attached hydrogen (secondary N) is 1. The van der Waals surface area contributed by atoms with E-state index in [1.165, 1.54) is 16.0 Å². The average Bonchev–Trinajstić information content (AvgIpc) is 3.28. The minimum atomic E-state index is -0.126. The zero-order valence-corrected chi connectivity index (χ0v) is 17.6. The van der Waals surface area contributed by atoms with Gasteiger partial charge in [-0.1, -0.05) is 41.9 Å². The van der Waals surface area contributed by atoms with Gasteiger partial charge in [-0.2, -0.15) is 0 Å². The van der Waals surface area contributed by atoms with E-state index in [1.807, 2.05) is 0 Å². The predicted molar refractivity (Wildman–Crippen MR) is 118 cm³/mol. The molecule has 0 fully saturated rings. The second kappa shape index (κ2) is 9.44. The summed E-state index contributed by atoms with van der Waals surface area (Å²) < 4.78 is 5.56.